The third-order valence-electron chi connectivity index (χ3n) is 3.43. The molecule has 4 heteroatoms. The molecule has 0 radical (unpaired) electrons. The lowest BCUT2D eigenvalue weighted by Gasteiger charge is -2.21. The fraction of sp³-hybridized carbons (Fsp3) is 0.500. The Balaban J connectivity index is 2.10. The molecule has 0 aromatic heterocycles. The van der Waals surface area contributed by atoms with Gasteiger partial charge in [-0.25, -0.2) is 0 Å². The summed E-state index contributed by atoms with van der Waals surface area (Å²) in [5, 5.41) is 9.22. The Morgan fingerprint density at radius 1 is 1.44 bits per heavy atom. The van der Waals surface area contributed by atoms with Crippen LogP contribution in [0.4, 0.5) is 5.69 Å². The summed E-state index contributed by atoms with van der Waals surface area (Å²) >= 11 is 0. The van der Waals surface area contributed by atoms with E-state index in [2.05, 4.69) is 48.0 Å². The number of hydrogen-bond acceptors (Lipinski definition) is 3. The van der Waals surface area contributed by atoms with Gasteiger partial charge in [0.1, 0.15) is 0 Å². The number of hydrogen-bond donors (Lipinski definition) is 3. The summed E-state index contributed by atoms with van der Waals surface area (Å²) in [7, 11) is 1.65. The van der Waals surface area contributed by atoms with Crippen molar-refractivity contribution in [3.63, 3.8) is 0 Å². The van der Waals surface area contributed by atoms with Crippen LogP contribution in [0, 0.1) is 0 Å². The van der Waals surface area contributed by atoms with Crippen LogP contribution in [0.2, 0.25) is 0 Å². The van der Waals surface area contributed by atoms with E-state index >= 15 is 0 Å². The molecule has 0 bridgehead atoms. The van der Waals surface area contributed by atoms with Crippen molar-refractivity contribution < 1.29 is 4.79 Å². The Hall–Kier alpha value is -1.55. The van der Waals surface area contributed by atoms with Crippen molar-refractivity contribution in [2.75, 3.05) is 25.5 Å². The first-order valence-corrected chi connectivity index (χ1v) is 6.32. The van der Waals surface area contributed by atoms with Crippen LogP contribution in [0.15, 0.2) is 18.2 Å². The molecule has 1 heterocycles. The lowest BCUT2D eigenvalue weighted by atomic mass is 9.84. The van der Waals surface area contributed by atoms with E-state index in [-0.39, 0.29) is 11.3 Å². The molecule has 0 atom stereocenters. The van der Waals surface area contributed by atoms with Crippen LogP contribution in [0.1, 0.15) is 25.0 Å². The van der Waals surface area contributed by atoms with Crippen LogP contribution in [0.5, 0.6) is 0 Å². The van der Waals surface area contributed by atoms with Gasteiger partial charge in [-0.1, -0.05) is 26.0 Å². The predicted octanol–water partition coefficient (Wildman–Crippen LogP) is 1.23. The van der Waals surface area contributed by atoms with Crippen LogP contribution in [-0.4, -0.2) is 26.0 Å². The molecular weight excluding hydrogens is 226 g/mol. The Morgan fingerprint density at radius 3 is 2.94 bits per heavy atom. The molecule has 3 N–H and O–H groups in total. The molecule has 0 saturated carbocycles. The molecule has 1 aromatic rings. The highest BCUT2D eigenvalue weighted by Gasteiger charge is 2.31. The third kappa shape index (κ3) is 2.48. The Bertz CT molecular complexity index is 454. The maximum absolute atomic E-state index is 11.2. The van der Waals surface area contributed by atoms with Crippen molar-refractivity contribution in [2.45, 2.75) is 25.8 Å². The van der Waals surface area contributed by atoms with E-state index in [1.54, 1.807) is 7.05 Å². The van der Waals surface area contributed by atoms with Gasteiger partial charge < -0.3 is 16.0 Å². The number of anilines is 1. The fourth-order valence-electron chi connectivity index (χ4n) is 2.50. The van der Waals surface area contributed by atoms with Gasteiger partial charge in [0.2, 0.25) is 5.91 Å². The van der Waals surface area contributed by atoms with E-state index in [0.717, 1.165) is 13.1 Å². The summed E-state index contributed by atoms with van der Waals surface area (Å²) in [4.78, 5) is 11.2. The standard InChI is InChI=1S/C14H21N3O/c1-14(2)9-17-11-6-4-5-10(13(11)14)7-16-8-12(18)15-3/h4-6,16-17H,7-9H2,1-3H3,(H,15,18). The van der Waals surface area contributed by atoms with E-state index in [9.17, 15) is 4.79 Å². The largest absolute Gasteiger partial charge is 0.384 e. The van der Waals surface area contributed by atoms with Crippen LogP contribution in [-0.2, 0) is 16.8 Å². The molecule has 0 aliphatic carbocycles. The van der Waals surface area contributed by atoms with Gasteiger partial charge in [-0.2, -0.15) is 0 Å². The number of carbonyl (C=O) groups excluding carboxylic acids is 1. The van der Waals surface area contributed by atoms with E-state index < -0.39 is 0 Å². The summed E-state index contributed by atoms with van der Waals surface area (Å²) in [5.74, 6) is 0.0139. The van der Waals surface area contributed by atoms with E-state index in [1.807, 2.05) is 0 Å². The topological polar surface area (TPSA) is 53.2 Å². The number of amides is 1. The minimum atomic E-state index is 0.0139. The SMILES string of the molecule is CNC(=O)CNCc1cccc2c1C(C)(C)CN2. The molecule has 0 unspecified atom stereocenters. The van der Waals surface area contributed by atoms with Gasteiger partial charge in [-0.3, -0.25) is 4.79 Å². The smallest absolute Gasteiger partial charge is 0.233 e. The first-order valence-electron chi connectivity index (χ1n) is 6.32. The first-order chi connectivity index (χ1) is 8.54. The maximum Gasteiger partial charge on any atom is 0.233 e. The fourth-order valence-corrected chi connectivity index (χ4v) is 2.50. The van der Waals surface area contributed by atoms with Crippen molar-refractivity contribution in [2.24, 2.45) is 0 Å². The summed E-state index contributed by atoms with van der Waals surface area (Å²) < 4.78 is 0. The molecule has 4 nitrogen and oxygen atoms in total. The molecule has 1 aliphatic rings. The number of fused-ring (bicyclic) bond motifs is 1. The minimum absolute atomic E-state index is 0.0139. The zero-order valence-corrected chi connectivity index (χ0v) is 11.3. The number of likely N-dealkylation sites (N-methyl/N-ethyl adjacent to an activating group) is 1. The molecule has 1 aliphatic heterocycles. The second-order valence-corrected chi connectivity index (χ2v) is 5.35. The molecule has 0 fully saturated rings. The van der Waals surface area contributed by atoms with Crippen molar-refractivity contribution in [1.29, 1.82) is 0 Å². The number of benzene rings is 1. The zero-order valence-electron chi connectivity index (χ0n) is 11.3. The Kier molecular flexibility index (Phi) is 3.57. The minimum Gasteiger partial charge on any atom is -0.384 e. The van der Waals surface area contributed by atoms with E-state index in [4.69, 9.17) is 0 Å². The van der Waals surface area contributed by atoms with Crippen molar-refractivity contribution >= 4 is 11.6 Å². The molecule has 1 amide bonds. The number of nitrogens with one attached hydrogen (secondary N) is 3. The Labute approximate surface area is 108 Å². The highest BCUT2D eigenvalue weighted by atomic mass is 16.1. The summed E-state index contributed by atoms with van der Waals surface area (Å²) in [6.07, 6.45) is 0. The van der Waals surface area contributed by atoms with Gasteiger partial charge in [0.15, 0.2) is 0 Å². The van der Waals surface area contributed by atoms with Gasteiger partial charge in [-0.05, 0) is 17.2 Å². The number of carbonyl (C=O) groups is 1. The molecule has 98 valence electrons. The lowest BCUT2D eigenvalue weighted by molar-refractivity contribution is -0.119. The van der Waals surface area contributed by atoms with Crippen molar-refractivity contribution in [1.82, 2.24) is 10.6 Å². The van der Waals surface area contributed by atoms with E-state index in [0.29, 0.717) is 6.54 Å². The molecule has 18 heavy (non-hydrogen) atoms. The monoisotopic (exact) mass is 247 g/mol. The van der Waals surface area contributed by atoms with Gasteiger partial charge in [0.25, 0.3) is 0 Å². The highest BCUT2D eigenvalue weighted by molar-refractivity contribution is 5.77. The number of rotatable bonds is 4. The van der Waals surface area contributed by atoms with Crippen LogP contribution >= 0.6 is 0 Å². The van der Waals surface area contributed by atoms with Crippen molar-refractivity contribution in [3.8, 4) is 0 Å². The van der Waals surface area contributed by atoms with Gasteiger partial charge in [0, 0.05) is 31.2 Å². The molecule has 0 spiro atoms. The van der Waals surface area contributed by atoms with Gasteiger partial charge in [-0.15, -0.1) is 0 Å². The summed E-state index contributed by atoms with van der Waals surface area (Å²) in [6, 6.07) is 6.31. The van der Waals surface area contributed by atoms with Gasteiger partial charge in [0.05, 0.1) is 6.54 Å². The average Bonchev–Trinajstić information content (AvgIpc) is 2.66. The second-order valence-electron chi connectivity index (χ2n) is 5.35. The summed E-state index contributed by atoms with van der Waals surface area (Å²) in [5.41, 5.74) is 4.01. The molecule has 1 aromatic carbocycles. The quantitative estimate of drug-likeness (QED) is 0.750. The normalized spacial score (nSPS) is 15.9. The second kappa shape index (κ2) is 4.98. The third-order valence-corrected chi connectivity index (χ3v) is 3.43. The first kappa shape index (κ1) is 12.9. The van der Waals surface area contributed by atoms with E-state index in [1.165, 1.54) is 16.8 Å². The van der Waals surface area contributed by atoms with Crippen LogP contribution in [0.3, 0.4) is 0 Å². The predicted molar refractivity (Wildman–Crippen MR) is 73.7 cm³/mol. The highest BCUT2D eigenvalue weighted by Crippen LogP contribution is 2.38. The molecule has 0 saturated heterocycles. The average molecular weight is 247 g/mol. The van der Waals surface area contributed by atoms with Crippen molar-refractivity contribution in [3.05, 3.63) is 29.3 Å². The zero-order chi connectivity index (χ0) is 13.2. The lowest BCUT2D eigenvalue weighted by Crippen LogP contribution is -2.31. The maximum atomic E-state index is 11.2. The van der Waals surface area contributed by atoms with Gasteiger partial charge >= 0.3 is 0 Å². The van der Waals surface area contributed by atoms with Crippen LogP contribution in [0.25, 0.3) is 0 Å². The van der Waals surface area contributed by atoms with Crippen LogP contribution < -0.4 is 16.0 Å². The molecular formula is C14H21N3O. The Morgan fingerprint density at radius 2 is 2.22 bits per heavy atom. The molecule has 2 rings (SSSR count). The summed E-state index contributed by atoms with van der Waals surface area (Å²) in [6.45, 7) is 6.53.